The highest BCUT2D eigenvalue weighted by atomic mass is 19.3. The standard InChI is InChI=1S/C15H16F2N4O2/c16-13(17)8-19-15(23)20-12-5-6-21(14(12)22)9-11-3-1-10(7-18)2-4-11/h1-4,12-13H,5-6,8-9H2,(H2,19,20,23). The van der Waals surface area contributed by atoms with Crippen molar-refractivity contribution >= 4 is 11.9 Å². The third-order valence-electron chi connectivity index (χ3n) is 3.48. The van der Waals surface area contributed by atoms with Crippen molar-refractivity contribution in [3.8, 4) is 6.07 Å². The van der Waals surface area contributed by atoms with E-state index in [0.717, 1.165) is 5.56 Å². The second kappa shape index (κ2) is 7.54. The van der Waals surface area contributed by atoms with Gasteiger partial charge >= 0.3 is 6.03 Å². The molecule has 0 spiro atoms. The summed E-state index contributed by atoms with van der Waals surface area (Å²) in [5.41, 5.74) is 1.41. The zero-order valence-electron chi connectivity index (χ0n) is 12.3. The minimum absolute atomic E-state index is 0.249. The van der Waals surface area contributed by atoms with Crippen LogP contribution in [0.4, 0.5) is 13.6 Å². The number of hydrogen-bond acceptors (Lipinski definition) is 3. The van der Waals surface area contributed by atoms with Gasteiger partial charge in [-0.2, -0.15) is 5.26 Å². The zero-order chi connectivity index (χ0) is 16.8. The van der Waals surface area contributed by atoms with Crippen LogP contribution in [0.1, 0.15) is 17.5 Å². The molecule has 1 saturated heterocycles. The number of alkyl halides is 2. The molecule has 23 heavy (non-hydrogen) atoms. The van der Waals surface area contributed by atoms with Gasteiger partial charge in [0.2, 0.25) is 5.91 Å². The Bertz CT molecular complexity index is 613. The highest BCUT2D eigenvalue weighted by molar-refractivity contribution is 5.88. The van der Waals surface area contributed by atoms with Gasteiger partial charge in [-0.1, -0.05) is 12.1 Å². The van der Waals surface area contributed by atoms with E-state index in [1.165, 1.54) is 0 Å². The molecule has 6 nitrogen and oxygen atoms in total. The molecule has 0 saturated carbocycles. The first-order valence-corrected chi connectivity index (χ1v) is 7.10. The van der Waals surface area contributed by atoms with E-state index in [-0.39, 0.29) is 5.91 Å². The van der Waals surface area contributed by atoms with Crippen molar-refractivity contribution in [2.75, 3.05) is 13.1 Å². The number of carbonyl (C=O) groups excluding carboxylic acids is 2. The molecule has 8 heteroatoms. The van der Waals surface area contributed by atoms with Gasteiger partial charge < -0.3 is 15.5 Å². The van der Waals surface area contributed by atoms with Gasteiger partial charge in [-0.25, -0.2) is 13.6 Å². The molecule has 0 bridgehead atoms. The van der Waals surface area contributed by atoms with E-state index in [0.29, 0.717) is 25.1 Å². The number of hydrogen-bond donors (Lipinski definition) is 2. The van der Waals surface area contributed by atoms with Crippen molar-refractivity contribution in [3.05, 3.63) is 35.4 Å². The van der Waals surface area contributed by atoms with Crippen LogP contribution in [0.5, 0.6) is 0 Å². The maximum atomic E-state index is 12.2. The maximum Gasteiger partial charge on any atom is 0.315 e. The molecular formula is C15H16F2N4O2. The summed E-state index contributed by atoms with van der Waals surface area (Å²) in [6.45, 7) is 0.0989. The summed E-state index contributed by atoms with van der Waals surface area (Å²) < 4.78 is 24.0. The normalized spacial score (nSPS) is 17.2. The average molecular weight is 322 g/mol. The van der Waals surface area contributed by atoms with Gasteiger partial charge in [0.05, 0.1) is 18.2 Å². The van der Waals surface area contributed by atoms with Crippen molar-refractivity contribution in [2.24, 2.45) is 0 Å². The van der Waals surface area contributed by atoms with Crippen LogP contribution < -0.4 is 10.6 Å². The number of nitrogens with zero attached hydrogens (tertiary/aromatic N) is 2. The summed E-state index contributed by atoms with van der Waals surface area (Å²) in [6, 6.07) is 7.41. The topological polar surface area (TPSA) is 85.2 Å². The summed E-state index contributed by atoms with van der Waals surface area (Å²) in [7, 11) is 0. The van der Waals surface area contributed by atoms with Gasteiger partial charge in [-0.15, -0.1) is 0 Å². The fraction of sp³-hybridized carbons (Fsp3) is 0.400. The van der Waals surface area contributed by atoms with Crippen LogP contribution in [0.3, 0.4) is 0 Å². The van der Waals surface area contributed by atoms with Crippen LogP contribution >= 0.6 is 0 Å². The summed E-state index contributed by atoms with van der Waals surface area (Å²) in [6.07, 6.45) is -2.20. The third kappa shape index (κ3) is 4.64. The Kier molecular flexibility index (Phi) is 5.46. The van der Waals surface area contributed by atoms with E-state index in [4.69, 9.17) is 5.26 Å². The Morgan fingerprint density at radius 3 is 2.70 bits per heavy atom. The lowest BCUT2D eigenvalue weighted by atomic mass is 10.1. The van der Waals surface area contributed by atoms with Crippen molar-refractivity contribution in [1.82, 2.24) is 15.5 Å². The molecule has 1 aromatic carbocycles. The van der Waals surface area contributed by atoms with Crippen LogP contribution in [0.15, 0.2) is 24.3 Å². The van der Waals surface area contributed by atoms with Crippen molar-refractivity contribution in [2.45, 2.75) is 25.4 Å². The number of rotatable bonds is 5. The first kappa shape index (κ1) is 16.7. The van der Waals surface area contributed by atoms with Crippen molar-refractivity contribution in [3.63, 3.8) is 0 Å². The Hall–Kier alpha value is -2.69. The zero-order valence-corrected chi connectivity index (χ0v) is 12.3. The Labute approximate surface area is 132 Å². The van der Waals surface area contributed by atoms with Crippen molar-refractivity contribution in [1.29, 1.82) is 5.26 Å². The minimum Gasteiger partial charge on any atom is -0.336 e. The lowest BCUT2D eigenvalue weighted by Crippen LogP contribution is -2.46. The summed E-state index contributed by atoms with van der Waals surface area (Å²) >= 11 is 0. The van der Waals surface area contributed by atoms with Crippen LogP contribution in [0.25, 0.3) is 0 Å². The van der Waals surface area contributed by atoms with Gasteiger partial charge in [0.1, 0.15) is 6.04 Å². The molecule has 1 aromatic rings. The van der Waals surface area contributed by atoms with E-state index >= 15 is 0 Å². The van der Waals surface area contributed by atoms with E-state index in [1.54, 1.807) is 29.2 Å². The van der Waals surface area contributed by atoms with Crippen molar-refractivity contribution < 1.29 is 18.4 Å². The monoisotopic (exact) mass is 322 g/mol. The van der Waals surface area contributed by atoms with Crippen LogP contribution in [-0.2, 0) is 11.3 Å². The first-order valence-electron chi connectivity index (χ1n) is 7.10. The van der Waals surface area contributed by atoms with Crippen LogP contribution in [0, 0.1) is 11.3 Å². The largest absolute Gasteiger partial charge is 0.336 e. The first-order chi connectivity index (χ1) is 11.0. The average Bonchev–Trinajstić information content (AvgIpc) is 2.87. The quantitative estimate of drug-likeness (QED) is 0.855. The fourth-order valence-corrected chi connectivity index (χ4v) is 2.31. The highest BCUT2D eigenvalue weighted by Gasteiger charge is 2.32. The second-order valence-corrected chi connectivity index (χ2v) is 5.16. The molecule has 2 rings (SSSR count). The minimum atomic E-state index is -2.63. The maximum absolute atomic E-state index is 12.2. The molecule has 0 aliphatic carbocycles. The van der Waals surface area contributed by atoms with Gasteiger partial charge in [-0.05, 0) is 24.1 Å². The molecule has 2 N–H and O–H groups in total. The SMILES string of the molecule is N#Cc1ccc(CN2CCC(NC(=O)NCC(F)F)C2=O)cc1. The number of amides is 3. The van der Waals surface area contributed by atoms with Crippen LogP contribution in [0.2, 0.25) is 0 Å². The summed E-state index contributed by atoms with van der Waals surface area (Å²) in [4.78, 5) is 25.2. The smallest absolute Gasteiger partial charge is 0.315 e. The Balaban J connectivity index is 1.86. The molecule has 0 radical (unpaired) electrons. The van der Waals surface area contributed by atoms with Gasteiger partial charge in [-0.3, -0.25) is 4.79 Å². The third-order valence-corrected chi connectivity index (χ3v) is 3.48. The Morgan fingerprint density at radius 2 is 2.09 bits per heavy atom. The van der Waals surface area contributed by atoms with Gasteiger partial charge in [0.15, 0.2) is 0 Å². The van der Waals surface area contributed by atoms with E-state index in [9.17, 15) is 18.4 Å². The highest BCUT2D eigenvalue weighted by Crippen LogP contribution is 2.15. The lowest BCUT2D eigenvalue weighted by Gasteiger charge is -2.17. The molecule has 1 fully saturated rings. The number of nitrogens with one attached hydrogen (secondary N) is 2. The molecular weight excluding hydrogens is 306 g/mol. The Morgan fingerprint density at radius 1 is 1.39 bits per heavy atom. The molecule has 0 aromatic heterocycles. The predicted molar refractivity (Wildman–Crippen MR) is 77.5 cm³/mol. The van der Waals surface area contributed by atoms with E-state index < -0.39 is 25.0 Å². The summed E-state index contributed by atoms with van der Waals surface area (Å²) in [5.74, 6) is -0.249. The molecule has 1 unspecified atom stereocenters. The number of benzene rings is 1. The predicted octanol–water partition coefficient (Wildman–Crippen LogP) is 1.22. The lowest BCUT2D eigenvalue weighted by molar-refractivity contribution is -0.129. The number of likely N-dealkylation sites (tertiary alicyclic amines) is 1. The number of urea groups is 1. The van der Waals surface area contributed by atoms with Crippen LogP contribution in [-0.4, -0.2) is 42.4 Å². The molecule has 122 valence electrons. The molecule has 1 atom stereocenters. The summed E-state index contributed by atoms with van der Waals surface area (Å²) in [5, 5.41) is 13.1. The molecule has 1 aliphatic rings. The molecule has 1 aliphatic heterocycles. The molecule has 3 amide bonds. The number of nitriles is 1. The number of halogens is 2. The second-order valence-electron chi connectivity index (χ2n) is 5.16. The fourth-order valence-electron chi connectivity index (χ4n) is 2.31. The molecule has 1 heterocycles. The van der Waals surface area contributed by atoms with Gasteiger partial charge in [0, 0.05) is 13.1 Å². The van der Waals surface area contributed by atoms with E-state index in [2.05, 4.69) is 5.32 Å². The number of carbonyl (C=O) groups is 2. The van der Waals surface area contributed by atoms with Gasteiger partial charge in [0.25, 0.3) is 6.43 Å². The van der Waals surface area contributed by atoms with E-state index in [1.807, 2.05) is 11.4 Å².